The van der Waals surface area contributed by atoms with Gasteiger partial charge in [-0.3, -0.25) is 4.79 Å². The molecular weight excluding hydrogens is 272 g/mol. The first-order valence-electron chi connectivity index (χ1n) is 6.36. The van der Waals surface area contributed by atoms with E-state index in [9.17, 15) is 4.79 Å². The van der Waals surface area contributed by atoms with Crippen LogP contribution in [0.5, 0.6) is 5.75 Å². The Morgan fingerprint density at radius 2 is 2.00 bits per heavy atom. The summed E-state index contributed by atoms with van der Waals surface area (Å²) in [5, 5.41) is 2.81. The molecule has 0 saturated heterocycles. The highest BCUT2D eigenvalue weighted by molar-refractivity contribution is 7.15. The second-order valence-corrected chi connectivity index (χ2v) is 5.67. The molecule has 0 fully saturated rings. The van der Waals surface area contributed by atoms with Crippen LogP contribution in [0, 0.1) is 0 Å². The molecule has 1 amide bonds. The minimum absolute atomic E-state index is 0.135. The molecule has 106 valence electrons. The molecule has 0 unspecified atom stereocenters. The van der Waals surface area contributed by atoms with Crippen molar-refractivity contribution in [3.63, 3.8) is 0 Å². The van der Waals surface area contributed by atoms with Gasteiger partial charge in [-0.25, -0.2) is 0 Å². The van der Waals surface area contributed by atoms with Crippen LogP contribution >= 0.6 is 11.3 Å². The van der Waals surface area contributed by atoms with Crippen LogP contribution < -0.4 is 15.8 Å². The molecule has 0 saturated carbocycles. The molecule has 0 aliphatic carbocycles. The molecule has 2 aromatic rings. The van der Waals surface area contributed by atoms with Crippen molar-refractivity contribution in [2.45, 2.75) is 19.5 Å². The fraction of sp³-hybridized carbons (Fsp3) is 0.267. The fourth-order valence-corrected chi connectivity index (χ4v) is 2.67. The van der Waals surface area contributed by atoms with E-state index >= 15 is 0 Å². The Balaban J connectivity index is 2.02. The van der Waals surface area contributed by atoms with E-state index < -0.39 is 6.04 Å². The molecular formula is C15H18N2O2S. The largest absolute Gasteiger partial charge is 0.497 e. The van der Waals surface area contributed by atoms with Gasteiger partial charge in [-0.2, -0.15) is 0 Å². The van der Waals surface area contributed by atoms with Crippen molar-refractivity contribution < 1.29 is 9.53 Å². The molecule has 1 aromatic carbocycles. The first-order valence-corrected chi connectivity index (χ1v) is 7.18. The molecule has 0 radical (unpaired) electrons. The Kier molecular flexibility index (Phi) is 4.76. The van der Waals surface area contributed by atoms with Crippen LogP contribution in [-0.4, -0.2) is 19.1 Å². The van der Waals surface area contributed by atoms with Gasteiger partial charge in [0.2, 0.25) is 5.91 Å². The smallest absolute Gasteiger partial charge is 0.236 e. The van der Waals surface area contributed by atoms with Gasteiger partial charge in [-0.05, 0) is 48.9 Å². The number of carbonyl (C=O) groups is 1. The van der Waals surface area contributed by atoms with Crippen LogP contribution in [0.4, 0.5) is 0 Å². The summed E-state index contributed by atoms with van der Waals surface area (Å²) in [6, 6.07) is 11.5. The molecule has 1 heterocycles. The second-order valence-electron chi connectivity index (χ2n) is 4.50. The maximum absolute atomic E-state index is 11.4. The Morgan fingerprint density at radius 1 is 1.30 bits per heavy atom. The van der Waals surface area contributed by atoms with E-state index in [2.05, 4.69) is 11.4 Å². The van der Waals surface area contributed by atoms with Gasteiger partial charge in [-0.15, -0.1) is 11.3 Å². The van der Waals surface area contributed by atoms with E-state index in [1.807, 2.05) is 30.3 Å². The quantitative estimate of drug-likeness (QED) is 0.888. The first-order chi connectivity index (χ1) is 9.60. The summed E-state index contributed by atoms with van der Waals surface area (Å²) in [6.45, 7) is 2.19. The maximum atomic E-state index is 11.4. The van der Waals surface area contributed by atoms with Crippen LogP contribution in [-0.2, 0) is 11.3 Å². The molecule has 4 nitrogen and oxygen atoms in total. The van der Waals surface area contributed by atoms with Gasteiger partial charge >= 0.3 is 0 Å². The lowest BCUT2D eigenvalue weighted by atomic mass is 10.2. The van der Waals surface area contributed by atoms with Crippen molar-refractivity contribution in [2.75, 3.05) is 7.11 Å². The van der Waals surface area contributed by atoms with Crippen LogP contribution in [0.15, 0.2) is 36.4 Å². The predicted molar refractivity (Wildman–Crippen MR) is 81.8 cm³/mol. The van der Waals surface area contributed by atoms with Crippen molar-refractivity contribution in [1.82, 2.24) is 5.32 Å². The van der Waals surface area contributed by atoms with E-state index in [0.29, 0.717) is 6.54 Å². The number of carbonyl (C=O) groups excluding carboxylic acids is 1. The number of ether oxygens (including phenoxy) is 1. The summed E-state index contributed by atoms with van der Waals surface area (Å²) >= 11 is 1.66. The van der Waals surface area contributed by atoms with E-state index in [4.69, 9.17) is 10.5 Å². The summed E-state index contributed by atoms with van der Waals surface area (Å²) < 4.78 is 5.14. The number of nitrogens with one attached hydrogen (secondary N) is 1. The van der Waals surface area contributed by atoms with Gasteiger partial charge in [0, 0.05) is 9.75 Å². The van der Waals surface area contributed by atoms with Gasteiger partial charge in [-0.1, -0.05) is 0 Å². The van der Waals surface area contributed by atoms with Gasteiger partial charge in [0.05, 0.1) is 19.7 Å². The van der Waals surface area contributed by atoms with Crippen molar-refractivity contribution in [3.8, 4) is 16.2 Å². The molecule has 0 bridgehead atoms. The SMILES string of the molecule is COc1ccc(-c2ccc(CNC(=O)[C@@H](C)N)s2)cc1. The van der Waals surface area contributed by atoms with Gasteiger partial charge in [0.1, 0.15) is 5.75 Å². The Labute approximate surface area is 122 Å². The standard InChI is InChI=1S/C15H18N2O2S/c1-10(16)15(18)17-9-13-7-8-14(20-13)11-3-5-12(19-2)6-4-11/h3-8,10H,9,16H2,1-2H3,(H,17,18)/t10-/m1/s1. The molecule has 5 heteroatoms. The Bertz CT molecular complexity index is 576. The Hall–Kier alpha value is -1.85. The van der Waals surface area contributed by atoms with Gasteiger partial charge in [0.15, 0.2) is 0 Å². The molecule has 3 N–H and O–H groups in total. The summed E-state index contributed by atoms with van der Waals surface area (Å²) in [5.74, 6) is 0.708. The minimum Gasteiger partial charge on any atom is -0.497 e. The highest BCUT2D eigenvalue weighted by Gasteiger charge is 2.08. The van der Waals surface area contributed by atoms with E-state index in [1.54, 1.807) is 25.4 Å². The summed E-state index contributed by atoms with van der Waals surface area (Å²) in [5.41, 5.74) is 6.64. The van der Waals surface area contributed by atoms with Crippen LogP contribution in [0.1, 0.15) is 11.8 Å². The average Bonchev–Trinajstić information content (AvgIpc) is 2.93. The molecule has 0 aliphatic heterocycles. The number of hydrogen-bond donors (Lipinski definition) is 2. The zero-order chi connectivity index (χ0) is 14.5. The molecule has 0 aliphatic rings. The van der Waals surface area contributed by atoms with Crippen molar-refractivity contribution in [3.05, 3.63) is 41.3 Å². The highest BCUT2D eigenvalue weighted by atomic mass is 32.1. The van der Waals surface area contributed by atoms with Crippen molar-refractivity contribution in [2.24, 2.45) is 5.73 Å². The van der Waals surface area contributed by atoms with Gasteiger partial charge < -0.3 is 15.8 Å². The maximum Gasteiger partial charge on any atom is 0.236 e. The normalized spacial score (nSPS) is 11.9. The summed E-state index contributed by atoms with van der Waals surface area (Å²) in [4.78, 5) is 13.7. The third-order valence-corrected chi connectivity index (χ3v) is 4.02. The third kappa shape index (κ3) is 3.59. The van der Waals surface area contributed by atoms with Crippen LogP contribution in [0.25, 0.3) is 10.4 Å². The third-order valence-electron chi connectivity index (χ3n) is 2.89. The molecule has 1 aromatic heterocycles. The molecule has 20 heavy (non-hydrogen) atoms. The Morgan fingerprint density at radius 3 is 2.60 bits per heavy atom. The van der Waals surface area contributed by atoms with E-state index in [1.165, 1.54) is 0 Å². The van der Waals surface area contributed by atoms with Crippen LogP contribution in [0.3, 0.4) is 0 Å². The fourth-order valence-electron chi connectivity index (χ4n) is 1.72. The molecule has 2 rings (SSSR count). The minimum atomic E-state index is -0.476. The topological polar surface area (TPSA) is 64.3 Å². The summed E-state index contributed by atoms with van der Waals surface area (Å²) in [6.07, 6.45) is 0. The van der Waals surface area contributed by atoms with Gasteiger partial charge in [0.25, 0.3) is 0 Å². The van der Waals surface area contributed by atoms with E-state index in [0.717, 1.165) is 21.1 Å². The summed E-state index contributed by atoms with van der Waals surface area (Å²) in [7, 11) is 1.65. The monoisotopic (exact) mass is 290 g/mol. The highest BCUT2D eigenvalue weighted by Crippen LogP contribution is 2.29. The second kappa shape index (κ2) is 6.54. The number of rotatable bonds is 5. The average molecular weight is 290 g/mol. The number of amides is 1. The zero-order valence-corrected chi connectivity index (χ0v) is 12.4. The zero-order valence-electron chi connectivity index (χ0n) is 11.6. The lowest BCUT2D eigenvalue weighted by Crippen LogP contribution is -2.37. The van der Waals surface area contributed by atoms with Crippen molar-refractivity contribution >= 4 is 17.2 Å². The van der Waals surface area contributed by atoms with Crippen molar-refractivity contribution in [1.29, 1.82) is 0 Å². The lowest BCUT2D eigenvalue weighted by molar-refractivity contribution is -0.122. The lowest BCUT2D eigenvalue weighted by Gasteiger charge is -2.05. The van der Waals surface area contributed by atoms with E-state index in [-0.39, 0.29) is 5.91 Å². The number of methoxy groups -OCH3 is 1. The number of benzene rings is 1. The number of nitrogens with two attached hydrogens (primary N) is 1. The van der Waals surface area contributed by atoms with Crippen LogP contribution in [0.2, 0.25) is 0 Å². The molecule has 0 spiro atoms. The first kappa shape index (κ1) is 14.6. The number of thiophene rings is 1. The number of hydrogen-bond acceptors (Lipinski definition) is 4. The molecule has 1 atom stereocenters. The predicted octanol–water partition coefficient (Wildman–Crippen LogP) is 2.39.